The van der Waals surface area contributed by atoms with Crippen LogP contribution in [0.3, 0.4) is 0 Å². The summed E-state index contributed by atoms with van der Waals surface area (Å²) in [5.74, 6) is -1.54. The van der Waals surface area contributed by atoms with Gasteiger partial charge >= 0.3 is 11.9 Å². The standard InChI is InChI=1S/C22H21NO5/c1-2-28-20(24)11-6-12-23-14-18(17-9-3-4-10-19(17)23)21(25)15-7-5-8-16(13-15)22(26)27/h3-5,7-10,13-14H,2,6,11-12H2,1H3,(H,26,27). The summed E-state index contributed by atoms with van der Waals surface area (Å²) >= 11 is 0. The molecule has 0 aliphatic heterocycles. The molecule has 0 aliphatic carbocycles. The summed E-state index contributed by atoms with van der Waals surface area (Å²) in [5, 5.41) is 9.96. The van der Waals surface area contributed by atoms with Crippen molar-refractivity contribution < 1.29 is 24.2 Å². The van der Waals surface area contributed by atoms with Gasteiger partial charge in [-0.05, 0) is 31.5 Å². The first kappa shape index (κ1) is 19.4. The summed E-state index contributed by atoms with van der Waals surface area (Å²) in [4.78, 5) is 35.8. The number of ketones is 1. The maximum Gasteiger partial charge on any atom is 0.335 e. The Morgan fingerprint density at radius 2 is 1.79 bits per heavy atom. The molecule has 0 saturated carbocycles. The number of aromatic nitrogens is 1. The van der Waals surface area contributed by atoms with Crippen LogP contribution in [-0.2, 0) is 16.1 Å². The third-order valence-electron chi connectivity index (χ3n) is 4.49. The van der Waals surface area contributed by atoms with Crippen molar-refractivity contribution in [1.29, 1.82) is 0 Å². The van der Waals surface area contributed by atoms with E-state index in [1.807, 2.05) is 28.8 Å². The lowest BCUT2D eigenvalue weighted by Crippen LogP contribution is -2.06. The van der Waals surface area contributed by atoms with Gasteiger partial charge in [0.15, 0.2) is 5.78 Å². The van der Waals surface area contributed by atoms with Crippen molar-refractivity contribution in [3.63, 3.8) is 0 Å². The maximum absolute atomic E-state index is 13.0. The predicted octanol–water partition coefficient (Wildman–Crippen LogP) is 3.91. The number of para-hydroxylation sites is 1. The SMILES string of the molecule is CCOC(=O)CCCn1cc(C(=O)c2cccc(C(=O)O)c2)c2ccccc21. The van der Waals surface area contributed by atoms with E-state index < -0.39 is 5.97 Å². The minimum atomic E-state index is -1.07. The number of carbonyl (C=O) groups excluding carboxylic acids is 2. The van der Waals surface area contributed by atoms with Crippen LogP contribution in [0.15, 0.2) is 54.7 Å². The fraction of sp³-hybridized carbons (Fsp3) is 0.227. The monoisotopic (exact) mass is 379 g/mol. The van der Waals surface area contributed by atoms with Crippen LogP contribution in [0.5, 0.6) is 0 Å². The number of rotatable bonds is 8. The minimum absolute atomic E-state index is 0.0732. The van der Waals surface area contributed by atoms with Gasteiger partial charge in [-0.2, -0.15) is 0 Å². The Bertz CT molecular complexity index is 1030. The molecule has 1 heterocycles. The first-order valence-corrected chi connectivity index (χ1v) is 9.12. The lowest BCUT2D eigenvalue weighted by atomic mass is 10.0. The zero-order valence-electron chi connectivity index (χ0n) is 15.6. The predicted molar refractivity (Wildman–Crippen MR) is 105 cm³/mol. The van der Waals surface area contributed by atoms with E-state index >= 15 is 0 Å². The van der Waals surface area contributed by atoms with E-state index in [-0.39, 0.29) is 17.3 Å². The fourth-order valence-electron chi connectivity index (χ4n) is 3.19. The van der Waals surface area contributed by atoms with Gasteiger partial charge in [0.25, 0.3) is 0 Å². The van der Waals surface area contributed by atoms with Crippen LogP contribution in [0.1, 0.15) is 46.0 Å². The van der Waals surface area contributed by atoms with E-state index in [0.29, 0.717) is 37.1 Å². The average molecular weight is 379 g/mol. The highest BCUT2D eigenvalue weighted by atomic mass is 16.5. The number of nitrogens with zero attached hydrogens (tertiary/aromatic N) is 1. The first-order valence-electron chi connectivity index (χ1n) is 9.12. The number of hydrogen-bond donors (Lipinski definition) is 1. The Labute approximate surface area is 162 Å². The van der Waals surface area contributed by atoms with Crippen molar-refractivity contribution >= 4 is 28.6 Å². The molecule has 0 radical (unpaired) electrons. The van der Waals surface area contributed by atoms with Crippen LogP contribution < -0.4 is 0 Å². The van der Waals surface area contributed by atoms with E-state index in [1.165, 1.54) is 12.1 Å². The molecule has 0 aliphatic rings. The van der Waals surface area contributed by atoms with Crippen molar-refractivity contribution in [3.05, 3.63) is 71.4 Å². The number of benzene rings is 2. The van der Waals surface area contributed by atoms with Gasteiger partial charge in [0.2, 0.25) is 0 Å². The van der Waals surface area contributed by atoms with Crippen LogP contribution in [0.25, 0.3) is 10.9 Å². The highest BCUT2D eigenvalue weighted by Crippen LogP contribution is 2.25. The summed E-state index contributed by atoms with van der Waals surface area (Å²) < 4.78 is 6.90. The molecule has 6 nitrogen and oxygen atoms in total. The lowest BCUT2D eigenvalue weighted by molar-refractivity contribution is -0.143. The van der Waals surface area contributed by atoms with Crippen molar-refractivity contribution in [2.75, 3.05) is 6.61 Å². The number of carboxylic acid groups (broad SMARTS) is 1. The molecule has 3 rings (SSSR count). The van der Waals surface area contributed by atoms with Crippen molar-refractivity contribution in [2.45, 2.75) is 26.3 Å². The Morgan fingerprint density at radius 1 is 1.04 bits per heavy atom. The molecule has 1 aromatic heterocycles. The van der Waals surface area contributed by atoms with Crippen LogP contribution in [0.2, 0.25) is 0 Å². The first-order chi connectivity index (χ1) is 13.5. The van der Waals surface area contributed by atoms with E-state index in [2.05, 4.69) is 0 Å². The maximum atomic E-state index is 13.0. The molecule has 0 bridgehead atoms. The highest BCUT2D eigenvalue weighted by molar-refractivity contribution is 6.17. The molecule has 0 fully saturated rings. The number of fused-ring (bicyclic) bond motifs is 1. The molecular weight excluding hydrogens is 358 g/mol. The fourth-order valence-corrected chi connectivity index (χ4v) is 3.19. The molecule has 0 spiro atoms. The number of ether oxygens (including phenoxy) is 1. The van der Waals surface area contributed by atoms with Crippen molar-refractivity contribution in [1.82, 2.24) is 4.57 Å². The Kier molecular flexibility index (Phi) is 5.89. The molecule has 2 aromatic carbocycles. The Balaban J connectivity index is 1.89. The summed E-state index contributed by atoms with van der Waals surface area (Å²) in [6, 6.07) is 13.6. The second-order valence-electron chi connectivity index (χ2n) is 6.38. The molecule has 0 atom stereocenters. The molecule has 3 aromatic rings. The number of carboxylic acids is 1. The number of esters is 1. The van der Waals surface area contributed by atoms with Crippen LogP contribution in [0, 0.1) is 0 Å². The number of hydrogen-bond acceptors (Lipinski definition) is 4. The Morgan fingerprint density at radius 3 is 2.54 bits per heavy atom. The van der Waals surface area contributed by atoms with Gasteiger partial charge in [-0.3, -0.25) is 9.59 Å². The number of carbonyl (C=O) groups is 3. The van der Waals surface area contributed by atoms with Crippen LogP contribution >= 0.6 is 0 Å². The van der Waals surface area contributed by atoms with Crippen molar-refractivity contribution in [3.8, 4) is 0 Å². The van der Waals surface area contributed by atoms with Crippen LogP contribution in [0.4, 0.5) is 0 Å². The van der Waals surface area contributed by atoms with Gasteiger partial charge < -0.3 is 14.4 Å². The molecule has 0 unspecified atom stereocenters. The quantitative estimate of drug-likeness (QED) is 0.474. The zero-order valence-corrected chi connectivity index (χ0v) is 15.6. The largest absolute Gasteiger partial charge is 0.478 e. The van der Waals surface area contributed by atoms with E-state index in [0.717, 1.165) is 10.9 Å². The Hall–Kier alpha value is -3.41. The molecule has 1 N–H and O–H groups in total. The van der Waals surface area contributed by atoms with Gasteiger partial charge in [0, 0.05) is 41.2 Å². The average Bonchev–Trinajstić information content (AvgIpc) is 3.06. The molecular formula is C22H21NO5. The molecule has 6 heteroatoms. The molecule has 28 heavy (non-hydrogen) atoms. The lowest BCUT2D eigenvalue weighted by Gasteiger charge is -2.05. The second kappa shape index (κ2) is 8.52. The third kappa shape index (κ3) is 4.11. The topological polar surface area (TPSA) is 85.6 Å². The van der Waals surface area contributed by atoms with Gasteiger partial charge in [-0.1, -0.05) is 30.3 Å². The molecule has 144 valence electrons. The minimum Gasteiger partial charge on any atom is -0.478 e. The van der Waals surface area contributed by atoms with E-state index in [9.17, 15) is 14.4 Å². The van der Waals surface area contributed by atoms with Gasteiger partial charge in [-0.15, -0.1) is 0 Å². The van der Waals surface area contributed by atoms with E-state index in [4.69, 9.17) is 9.84 Å². The number of aromatic carboxylic acids is 1. The van der Waals surface area contributed by atoms with Crippen molar-refractivity contribution in [2.24, 2.45) is 0 Å². The summed E-state index contributed by atoms with van der Waals surface area (Å²) in [7, 11) is 0. The highest BCUT2D eigenvalue weighted by Gasteiger charge is 2.18. The molecule has 0 saturated heterocycles. The smallest absolute Gasteiger partial charge is 0.335 e. The van der Waals surface area contributed by atoms with E-state index in [1.54, 1.807) is 25.3 Å². The number of aryl methyl sites for hydroxylation is 1. The second-order valence-corrected chi connectivity index (χ2v) is 6.38. The van der Waals surface area contributed by atoms with Crippen LogP contribution in [-0.4, -0.2) is 34.0 Å². The summed E-state index contributed by atoms with van der Waals surface area (Å²) in [6.45, 7) is 2.70. The molecule has 0 amide bonds. The normalized spacial score (nSPS) is 10.8. The zero-order chi connectivity index (χ0) is 20.1. The van der Waals surface area contributed by atoms with Gasteiger partial charge in [-0.25, -0.2) is 4.79 Å². The summed E-state index contributed by atoms with van der Waals surface area (Å²) in [6.07, 6.45) is 2.68. The third-order valence-corrected chi connectivity index (χ3v) is 4.49. The van der Waals surface area contributed by atoms with Gasteiger partial charge in [0.05, 0.1) is 12.2 Å². The van der Waals surface area contributed by atoms with Gasteiger partial charge in [0.1, 0.15) is 0 Å². The summed E-state index contributed by atoms with van der Waals surface area (Å²) in [5.41, 5.74) is 1.80.